The van der Waals surface area contributed by atoms with Gasteiger partial charge in [-0.15, -0.1) is 0 Å². The lowest BCUT2D eigenvalue weighted by atomic mass is 10.0. The van der Waals surface area contributed by atoms with Crippen LogP contribution in [0.25, 0.3) is 0 Å². The van der Waals surface area contributed by atoms with Crippen LogP contribution in [0.15, 0.2) is 47.6 Å². The van der Waals surface area contributed by atoms with Crippen molar-refractivity contribution in [1.82, 2.24) is 19.9 Å². The maximum atomic E-state index is 13.4. The van der Waals surface area contributed by atoms with E-state index in [2.05, 4.69) is 15.6 Å². The summed E-state index contributed by atoms with van der Waals surface area (Å²) >= 11 is 0. The molecule has 2 heterocycles. The molecule has 9 heteroatoms. The molecule has 2 N–H and O–H groups in total. The molecule has 1 aliphatic heterocycles. The van der Waals surface area contributed by atoms with E-state index in [4.69, 9.17) is 0 Å². The maximum Gasteiger partial charge on any atom is 0.309 e. The van der Waals surface area contributed by atoms with Crippen molar-refractivity contribution in [2.45, 2.75) is 57.0 Å². The molecule has 0 aliphatic carbocycles. The van der Waals surface area contributed by atoms with E-state index in [1.807, 2.05) is 19.1 Å². The fourth-order valence-electron chi connectivity index (χ4n) is 3.89. The van der Waals surface area contributed by atoms with Crippen LogP contribution in [-0.4, -0.2) is 48.7 Å². The van der Waals surface area contributed by atoms with E-state index >= 15 is 0 Å². The summed E-state index contributed by atoms with van der Waals surface area (Å²) in [6.45, 7) is 4.57. The summed E-state index contributed by atoms with van der Waals surface area (Å²) in [5, 5.41) is 5.17. The summed E-state index contributed by atoms with van der Waals surface area (Å²) in [6.07, 6.45) is 6.17. The Bertz CT molecular complexity index is 1060. The maximum absolute atomic E-state index is 13.4. The number of hydrogen-bond acceptors (Lipinski definition) is 5. The molecular weight excluding hydrogens is 428 g/mol. The van der Waals surface area contributed by atoms with Crippen LogP contribution in [0.3, 0.4) is 0 Å². The number of nitrogens with zero attached hydrogens (tertiary/aromatic N) is 2. The number of carbonyl (C=O) groups is 2. The van der Waals surface area contributed by atoms with Crippen LogP contribution in [0.2, 0.25) is 0 Å². The largest absolute Gasteiger partial charge is 0.348 e. The van der Waals surface area contributed by atoms with Crippen molar-refractivity contribution >= 4 is 21.8 Å². The summed E-state index contributed by atoms with van der Waals surface area (Å²) in [6, 6.07) is 8.78. The Morgan fingerprint density at radius 3 is 2.66 bits per heavy atom. The number of rotatable bonds is 7. The number of aromatic nitrogens is 1. The lowest BCUT2D eigenvalue weighted by Crippen LogP contribution is -2.46. The van der Waals surface area contributed by atoms with Crippen molar-refractivity contribution in [2.24, 2.45) is 0 Å². The lowest BCUT2D eigenvalue weighted by molar-refractivity contribution is -0.139. The summed E-state index contributed by atoms with van der Waals surface area (Å²) in [5.74, 6) is -1.45. The van der Waals surface area contributed by atoms with Crippen LogP contribution in [0.5, 0.6) is 0 Å². The monoisotopic (exact) mass is 458 g/mol. The van der Waals surface area contributed by atoms with Crippen LogP contribution < -0.4 is 10.6 Å². The minimum absolute atomic E-state index is 0.213. The van der Waals surface area contributed by atoms with Gasteiger partial charge in [0.1, 0.15) is 0 Å². The first-order valence-corrected chi connectivity index (χ1v) is 12.3. The van der Waals surface area contributed by atoms with Gasteiger partial charge in [-0.2, -0.15) is 4.31 Å². The van der Waals surface area contributed by atoms with Gasteiger partial charge < -0.3 is 10.6 Å². The van der Waals surface area contributed by atoms with Gasteiger partial charge in [-0.3, -0.25) is 14.6 Å². The van der Waals surface area contributed by atoms with E-state index in [1.54, 1.807) is 41.8 Å². The highest BCUT2D eigenvalue weighted by atomic mass is 32.2. The molecule has 1 aromatic carbocycles. The second-order valence-corrected chi connectivity index (χ2v) is 9.98. The fraction of sp³-hybridized carbons (Fsp3) is 0.435. The molecule has 2 amide bonds. The number of pyridine rings is 1. The molecule has 172 valence electrons. The number of sulfonamides is 1. The van der Waals surface area contributed by atoms with Gasteiger partial charge in [0.05, 0.1) is 4.90 Å². The third-order valence-corrected chi connectivity index (χ3v) is 7.74. The van der Waals surface area contributed by atoms with Crippen LogP contribution in [0.4, 0.5) is 0 Å². The quantitative estimate of drug-likeness (QED) is 0.618. The number of benzene rings is 1. The average molecular weight is 459 g/mol. The first-order chi connectivity index (χ1) is 15.3. The normalized spacial score (nSPS) is 17.0. The van der Waals surface area contributed by atoms with Crippen LogP contribution in [0, 0.1) is 13.8 Å². The van der Waals surface area contributed by atoms with Crippen molar-refractivity contribution < 1.29 is 18.0 Å². The highest BCUT2D eigenvalue weighted by Gasteiger charge is 2.34. The average Bonchev–Trinajstić information content (AvgIpc) is 2.79. The highest BCUT2D eigenvalue weighted by molar-refractivity contribution is 7.89. The Morgan fingerprint density at radius 2 is 1.91 bits per heavy atom. The first-order valence-electron chi connectivity index (χ1n) is 10.8. The Morgan fingerprint density at radius 1 is 1.12 bits per heavy atom. The number of piperidine rings is 1. The summed E-state index contributed by atoms with van der Waals surface area (Å²) in [5.41, 5.74) is 2.41. The van der Waals surface area contributed by atoms with Gasteiger partial charge in [0.2, 0.25) is 10.0 Å². The lowest BCUT2D eigenvalue weighted by Gasteiger charge is -2.35. The second kappa shape index (κ2) is 10.7. The van der Waals surface area contributed by atoms with Gasteiger partial charge in [-0.25, -0.2) is 8.42 Å². The van der Waals surface area contributed by atoms with Gasteiger partial charge in [-0.1, -0.05) is 24.6 Å². The number of nitrogens with one attached hydrogen (secondary N) is 2. The molecule has 8 nitrogen and oxygen atoms in total. The molecule has 1 aliphatic rings. The van der Waals surface area contributed by atoms with Crippen LogP contribution in [-0.2, 0) is 26.2 Å². The van der Waals surface area contributed by atoms with Crippen molar-refractivity contribution in [2.75, 3.05) is 13.1 Å². The van der Waals surface area contributed by atoms with Crippen LogP contribution in [0.1, 0.15) is 42.4 Å². The number of amides is 2. The predicted octanol–water partition coefficient (Wildman–Crippen LogP) is 2.06. The molecule has 0 spiro atoms. The van der Waals surface area contributed by atoms with E-state index in [0.717, 1.165) is 36.0 Å². The predicted molar refractivity (Wildman–Crippen MR) is 121 cm³/mol. The molecule has 1 saturated heterocycles. The topological polar surface area (TPSA) is 108 Å². The van der Waals surface area contributed by atoms with Crippen molar-refractivity contribution in [3.8, 4) is 0 Å². The van der Waals surface area contributed by atoms with Crippen molar-refractivity contribution in [3.63, 3.8) is 0 Å². The third kappa shape index (κ3) is 5.92. The zero-order valence-electron chi connectivity index (χ0n) is 18.5. The minimum Gasteiger partial charge on any atom is -0.348 e. The Labute approximate surface area is 189 Å². The molecule has 2 aromatic rings. The zero-order chi connectivity index (χ0) is 23.1. The van der Waals surface area contributed by atoms with E-state index < -0.39 is 21.8 Å². The van der Waals surface area contributed by atoms with E-state index in [9.17, 15) is 18.0 Å². The van der Waals surface area contributed by atoms with Crippen molar-refractivity contribution in [1.29, 1.82) is 0 Å². The van der Waals surface area contributed by atoms with Gasteiger partial charge >= 0.3 is 11.8 Å². The first kappa shape index (κ1) is 23.9. The number of carbonyl (C=O) groups excluding carboxylic acids is 2. The Kier molecular flexibility index (Phi) is 7.98. The second-order valence-electron chi connectivity index (χ2n) is 8.12. The smallest absolute Gasteiger partial charge is 0.309 e. The van der Waals surface area contributed by atoms with Gasteiger partial charge in [0.25, 0.3) is 0 Å². The molecule has 0 bridgehead atoms. The summed E-state index contributed by atoms with van der Waals surface area (Å²) < 4.78 is 28.3. The molecule has 0 saturated carbocycles. The van der Waals surface area contributed by atoms with Crippen LogP contribution >= 0.6 is 0 Å². The summed E-state index contributed by atoms with van der Waals surface area (Å²) in [4.78, 5) is 28.4. The zero-order valence-corrected chi connectivity index (χ0v) is 19.3. The number of aryl methyl sites for hydroxylation is 2. The van der Waals surface area contributed by atoms with Gasteiger partial charge in [0, 0.05) is 38.1 Å². The van der Waals surface area contributed by atoms with E-state index in [0.29, 0.717) is 17.9 Å². The van der Waals surface area contributed by atoms with E-state index in [-0.39, 0.29) is 19.1 Å². The molecular formula is C23H30N4O4S. The third-order valence-electron chi connectivity index (χ3n) is 5.65. The molecule has 1 fully saturated rings. The molecule has 1 aromatic heterocycles. The molecule has 0 radical (unpaired) electrons. The molecule has 3 rings (SSSR count). The Balaban J connectivity index is 1.56. The van der Waals surface area contributed by atoms with Gasteiger partial charge in [0.15, 0.2) is 0 Å². The highest BCUT2D eigenvalue weighted by Crippen LogP contribution is 2.29. The van der Waals surface area contributed by atoms with E-state index in [1.165, 1.54) is 0 Å². The standard InChI is InChI=1S/C23H30N4O4S/c1-17-8-9-18(2)21(14-17)32(30,31)27-13-4-3-7-20(27)10-12-25-22(28)23(29)26-16-19-6-5-11-24-15-19/h5-6,8-9,11,14-15,20H,3-4,7,10,12-13,16H2,1-2H3,(H,25,28)(H,26,29)/t20-/m1/s1. The minimum atomic E-state index is -3.64. The fourth-order valence-corrected chi connectivity index (χ4v) is 5.92. The molecule has 32 heavy (non-hydrogen) atoms. The Hall–Kier alpha value is -2.78. The summed E-state index contributed by atoms with van der Waals surface area (Å²) in [7, 11) is -3.64. The molecule has 0 unspecified atom stereocenters. The SMILES string of the molecule is Cc1ccc(C)c(S(=O)(=O)N2CCCC[C@@H]2CCNC(=O)C(=O)NCc2cccnc2)c1. The number of hydrogen-bond donors (Lipinski definition) is 2. The van der Waals surface area contributed by atoms with Gasteiger partial charge in [-0.05, 0) is 61.9 Å². The van der Waals surface area contributed by atoms with Crippen molar-refractivity contribution in [3.05, 3.63) is 59.4 Å². The molecule has 1 atom stereocenters.